The summed E-state index contributed by atoms with van der Waals surface area (Å²) < 4.78 is 41.0. The van der Waals surface area contributed by atoms with Gasteiger partial charge in [0.2, 0.25) is 21.8 Å². The Morgan fingerprint density at radius 2 is 1.83 bits per heavy atom. The van der Waals surface area contributed by atoms with Gasteiger partial charge in [-0.1, -0.05) is 64.1 Å². The maximum absolute atomic E-state index is 14.7. The second-order valence-electron chi connectivity index (χ2n) is 19.4. The van der Waals surface area contributed by atoms with Gasteiger partial charge in [0.15, 0.2) is 0 Å². The van der Waals surface area contributed by atoms with E-state index in [-0.39, 0.29) is 44.0 Å². The van der Waals surface area contributed by atoms with E-state index in [1.807, 2.05) is 51.3 Å². The zero-order valence-corrected chi connectivity index (χ0v) is 40.7. The Kier molecular flexibility index (Phi) is 14.8. The molecule has 0 radical (unpaired) electrons. The van der Waals surface area contributed by atoms with E-state index in [0.717, 1.165) is 68.4 Å². The Balaban J connectivity index is 1.26. The van der Waals surface area contributed by atoms with Gasteiger partial charge < -0.3 is 24.3 Å². The van der Waals surface area contributed by atoms with Crippen LogP contribution in [0.2, 0.25) is 0 Å². The molecule has 15 nitrogen and oxygen atoms in total. The molecule has 6 bridgehead atoms. The van der Waals surface area contributed by atoms with Crippen LogP contribution in [0, 0.1) is 17.3 Å². The highest BCUT2D eigenvalue weighted by atomic mass is 32.2. The summed E-state index contributed by atoms with van der Waals surface area (Å²) in [6, 6.07) is 11.6. The van der Waals surface area contributed by atoms with Crippen LogP contribution in [0.4, 0.5) is 0 Å². The van der Waals surface area contributed by atoms with E-state index in [1.165, 1.54) is 20.3 Å². The number of rotatable bonds is 10. The summed E-state index contributed by atoms with van der Waals surface area (Å²) in [5, 5.41) is 6.66. The number of methoxy groups -OCH3 is 1. The number of aromatic nitrogens is 1. The first-order chi connectivity index (χ1) is 31.3. The zero-order chi connectivity index (χ0) is 47.7. The summed E-state index contributed by atoms with van der Waals surface area (Å²) in [7, 11) is 1.69. The Morgan fingerprint density at radius 3 is 2.56 bits per heavy atom. The average Bonchev–Trinajstić information content (AvgIpc) is 3.90. The van der Waals surface area contributed by atoms with Crippen LogP contribution in [0.25, 0.3) is 27.6 Å². The summed E-state index contributed by atoms with van der Waals surface area (Å²) in [5.74, 6) is -2.71. The molecular formula is C50H67N7O8S. The van der Waals surface area contributed by atoms with Crippen LogP contribution in [0.5, 0.6) is 0 Å². The summed E-state index contributed by atoms with van der Waals surface area (Å²) in [4.78, 5) is 63.3. The molecule has 0 unspecified atom stereocenters. The number of aryl methyl sites for hydroxylation is 1. The van der Waals surface area contributed by atoms with E-state index in [9.17, 15) is 27.6 Å². The highest BCUT2D eigenvalue weighted by Gasteiger charge is 2.41. The van der Waals surface area contributed by atoms with Crippen molar-refractivity contribution >= 4 is 56.4 Å². The molecule has 0 aliphatic carbocycles. The molecule has 7 rings (SSSR count). The van der Waals surface area contributed by atoms with E-state index in [0.29, 0.717) is 32.2 Å². The van der Waals surface area contributed by atoms with Gasteiger partial charge >= 0.3 is 5.97 Å². The fraction of sp³-hybridized carbons (Fsp3) is 0.540. The van der Waals surface area contributed by atoms with Crippen molar-refractivity contribution < 1.29 is 37.1 Å². The third kappa shape index (κ3) is 10.2. The zero-order valence-electron chi connectivity index (χ0n) is 39.9. The largest absolute Gasteiger partial charge is 0.464 e. The number of fused-ring (bicyclic) bond motifs is 6. The number of hydrogen-bond acceptors (Lipinski definition) is 10. The van der Waals surface area contributed by atoms with E-state index < -0.39 is 57.3 Å². The molecule has 16 heteroatoms. The molecule has 0 saturated carbocycles. The molecule has 4 aliphatic rings. The lowest BCUT2D eigenvalue weighted by Crippen LogP contribution is -2.62. The van der Waals surface area contributed by atoms with Crippen LogP contribution >= 0.6 is 0 Å². The molecular weight excluding hydrogens is 859 g/mol. The number of benzene rings is 2. The minimum absolute atomic E-state index is 0.0168. The first kappa shape index (κ1) is 48.8. The fourth-order valence-corrected chi connectivity index (χ4v) is 11.3. The number of likely N-dealkylation sites (N-methyl/N-ethyl adjacent to an activating group) is 1. The first-order valence-corrected chi connectivity index (χ1v) is 24.8. The van der Waals surface area contributed by atoms with Crippen LogP contribution in [0.3, 0.4) is 0 Å². The number of esters is 1. The number of carbonyl (C=O) groups is 4. The van der Waals surface area contributed by atoms with Gasteiger partial charge in [-0.25, -0.2) is 13.8 Å². The Bertz CT molecular complexity index is 2560. The highest BCUT2D eigenvalue weighted by molar-refractivity contribution is 7.92. The molecule has 356 valence electrons. The Labute approximate surface area is 389 Å². The maximum atomic E-state index is 14.7. The summed E-state index contributed by atoms with van der Waals surface area (Å²) in [5.41, 5.74) is 10.7. The van der Waals surface area contributed by atoms with Gasteiger partial charge in [-0.05, 0) is 92.7 Å². The van der Waals surface area contributed by atoms with Gasteiger partial charge in [0.1, 0.15) is 18.1 Å². The number of hydrazine groups is 1. The Hall–Kier alpha value is -5.16. The molecule has 0 spiro atoms. The summed E-state index contributed by atoms with van der Waals surface area (Å²) >= 11 is 0. The number of nitrogens with one attached hydrogen (secondary N) is 2. The lowest BCUT2D eigenvalue weighted by atomic mass is 9.83. The fourth-order valence-electron chi connectivity index (χ4n) is 10.1. The van der Waals surface area contributed by atoms with E-state index in [1.54, 1.807) is 21.1 Å². The normalized spacial score (nSPS) is 23.0. The van der Waals surface area contributed by atoms with Crippen molar-refractivity contribution in [3.8, 4) is 11.1 Å². The van der Waals surface area contributed by atoms with Gasteiger partial charge in [0, 0.05) is 86.5 Å². The van der Waals surface area contributed by atoms with Gasteiger partial charge in [-0.2, -0.15) is 4.31 Å². The van der Waals surface area contributed by atoms with E-state index in [4.69, 9.17) is 14.5 Å². The van der Waals surface area contributed by atoms with E-state index in [2.05, 4.69) is 54.4 Å². The molecule has 2 N–H and O–H groups in total. The first-order valence-electron chi connectivity index (χ1n) is 23.3. The number of allylic oxidation sites excluding steroid dienone is 2. The number of carbonyl (C=O) groups excluding carboxylic acids is 4. The molecule has 5 atom stereocenters. The standard InChI is InChI=1S/C50H67N7O8S/c1-10-24-66(62,63)56-23-20-36(29-56)47(59)55(8)44(31(2)3)46(58)52-41-26-33-14-11-15-34(25-33)35-18-19-42-38(27-35)39(45(54(42)7)37-16-12-21-51-43(37)32(4)64-9)28-50(5,6)30-65-49(61)40-17-13-22-57(53-40)48(41)60/h10-11,14-15,18-19,21,24-25,27,31-32,36,40-41,44,53H,12-13,16-17,20,22-23,26,28-30H2,1-9H3,(H,52,58)/b24-10+/t32-,36-,40-,41-,44-/m0/s1. The second kappa shape index (κ2) is 20.0. The molecule has 4 aliphatic heterocycles. The number of aliphatic imine (C=N–C) groups is 1. The molecule has 3 aromatic rings. The van der Waals surface area contributed by atoms with Gasteiger partial charge in [0.25, 0.3) is 5.91 Å². The van der Waals surface area contributed by atoms with Crippen LogP contribution in [-0.4, -0.2) is 122 Å². The van der Waals surface area contributed by atoms with Gasteiger partial charge in [-0.3, -0.25) is 29.2 Å². The number of hydrogen-bond donors (Lipinski definition) is 2. The van der Waals surface area contributed by atoms with Crippen LogP contribution < -0.4 is 10.7 Å². The summed E-state index contributed by atoms with van der Waals surface area (Å²) in [6.45, 7) is 12.2. The molecule has 2 fully saturated rings. The SMILES string of the molecule is C/C=C/S(=O)(=O)N1CC[C@H](C(=O)N(C)[C@H](C(=O)N[C@H]2Cc3cccc(c3)-c3ccc4c(c3)c(c(C3=C([C@H](C)OC)N=CCC3)n4C)CC(C)(C)COC(=O)[C@@H]3CCCN(N3)C2=O)C(C)C)C1. The topological polar surface area (TPSA) is 172 Å². The molecule has 5 heterocycles. The summed E-state index contributed by atoms with van der Waals surface area (Å²) in [6.07, 6.45) is 6.87. The lowest BCUT2D eigenvalue weighted by Gasteiger charge is -2.37. The third-order valence-corrected chi connectivity index (χ3v) is 15.2. The molecule has 3 amide bonds. The molecule has 1 aromatic heterocycles. The van der Waals surface area contributed by atoms with Gasteiger partial charge in [-0.15, -0.1) is 0 Å². The van der Waals surface area contributed by atoms with Crippen molar-refractivity contribution in [1.82, 2.24) is 29.5 Å². The minimum atomic E-state index is -3.66. The number of cyclic esters (lactones) is 1. The quantitative estimate of drug-likeness (QED) is 0.240. The van der Waals surface area contributed by atoms with Crippen molar-refractivity contribution in [2.75, 3.05) is 40.4 Å². The number of nitrogens with zero attached hydrogens (tertiary/aromatic N) is 5. The molecule has 66 heavy (non-hydrogen) atoms. The van der Waals surface area contributed by atoms with Crippen LogP contribution in [0.15, 0.2) is 64.6 Å². The Morgan fingerprint density at radius 1 is 1.08 bits per heavy atom. The minimum Gasteiger partial charge on any atom is -0.464 e. The number of sulfonamides is 1. The lowest BCUT2D eigenvalue weighted by molar-refractivity contribution is -0.155. The smallest absolute Gasteiger partial charge is 0.324 e. The number of amides is 3. The van der Waals surface area contributed by atoms with Crippen molar-refractivity contribution in [2.45, 2.75) is 111 Å². The second-order valence-corrected chi connectivity index (χ2v) is 21.3. The van der Waals surface area contributed by atoms with Crippen molar-refractivity contribution in [3.63, 3.8) is 0 Å². The van der Waals surface area contributed by atoms with Crippen molar-refractivity contribution in [3.05, 3.63) is 76.5 Å². The maximum Gasteiger partial charge on any atom is 0.324 e. The highest BCUT2D eigenvalue weighted by Crippen LogP contribution is 2.41. The van der Waals surface area contributed by atoms with Gasteiger partial charge in [0.05, 0.1) is 24.3 Å². The predicted molar refractivity (Wildman–Crippen MR) is 256 cm³/mol. The third-order valence-electron chi connectivity index (χ3n) is 13.5. The van der Waals surface area contributed by atoms with Crippen molar-refractivity contribution in [2.24, 2.45) is 29.3 Å². The number of ether oxygens (including phenoxy) is 2. The van der Waals surface area contributed by atoms with Crippen LogP contribution in [-0.2, 0) is 58.6 Å². The predicted octanol–water partition coefficient (Wildman–Crippen LogP) is 5.77. The molecule has 2 saturated heterocycles. The monoisotopic (exact) mass is 925 g/mol. The average molecular weight is 926 g/mol. The molecule has 2 aromatic carbocycles. The van der Waals surface area contributed by atoms with Crippen molar-refractivity contribution in [1.29, 1.82) is 0 Å². The van der Waals surface area contributed by atoms with E-state index >= 15 is 0 Å². The van der Waals surface area contributed by atoms with Crippen LogP contribution in [0.1, 0.15) is 90.5 Å².